The molecule has 0 aliphatic heterocycles. The van der Waals surface area contributed by atoms with Crippen LogP contribution in [0.1, 0.15) is 37.4 Å². The van der Waals surface area contributed by atoms with Gasteiger partial charge in [0.1, 0.15) is 5.82 Å². The highest BCUT2D eigenvalue weighted by Crippen LogP contribution is 2.34. The Morgan fingerprint density at radius 3 is 2.81 bits per heavy atom. The van der Waals surface area contributed by atoms with E-state index in [2.05, 4.69) is 11.6 Å². The lowest BCUT2D eigenvalue weighted by molar-refractivity contribution is 0.639. The third kappa shape index (κ3) is 1.39. The first-order valence-corrected chi connectivity index (χ1v) is 5.97. The Morgan fingerprint density at radius 2 is 2.06 bits per heavy atom. The molecular formula is C13H17N3. The number of nitrogens with two attached hydrogens (primary N) is 1. The number of imidazole rings is 1. The van der Waals surface area contributed by atoms with Crippen LogP contribution in [0.25, 0.3) is 11.0 Å². The van der Waals surface area contributed by atoms with E-state index in [1.807, 2.05) is 18.2 Å². The summed E-state index contributed by atoms with van der Waals surface area (Å²) >= 11 is 0. The molecule has 3 rings (SSSR count). The number of anilines is 1. The van der Waals surface area contributed by atoms with E-state index in [-0.39, 0.29) is 0 Å². The van der Waals surface area contributed by atoms with Crippen molar-refractivity contribution in [3.8, 4) is 0 Å². The summed E-state index contributed by atoms with van der Waals surface area (Å²) < 4.78 is 2.21. The summed E-state index contributed by atoms with van der Waals surface area (Å²) in [4.78, 5) is 4.74. The maximum atomic E-state index is 5.81. The van der Waals surface area contributed by atoms with Gasteiger partial charge < -0.3 is 10.3 Å². The molecule has 1 aliphatic rings. The topological polar surface area (TPSA) is 43.8 Å². The maximum Gasteiger partial charge on any atom is 0.112 e. The number of fused-ring (bicyclic) bond motifs is 1. The standard InChI is InChI=1S/C13H17N3/c1-16-12-8-10(14)6-7-11(12)15-13(16)9-4-2-3-5-9/h6-9H,2-5,14H2,1H3. The summed E-state index contributed by atoms with van der Waals surface area (Å²) in [6.45, 7) is 0. The van der Waals surface area contributed by atoms with Gasteiger partial charge in [0.25, 0.3) is 0 Å². The Hall–Kier alpha value is -1.51. The van der Waals surface area contributed by atoms with Gasteiger partial charge in [0.05, 0.1) is 11.0 Å². The van der Waals surface area contributed by atoms with Crippen molar-refractivity contribution in [1.82, 2.24) is 9.55 Å². The van der Waals surface area contributed by atoms with Crippen LogP contribution in [0.15, 0.2) is 18.2 Å². The first kappa shape index (κ1) is 9.70. The van der Waals surface area contributed by atoms with Gasteiger partial charge in [-0.1, -0.05) is 12.8 Å². The Labute approximate surface area is 95.3 Å². The molecule has 0 radical (unpaired) electrons. The molecular weight excluding hydrogens is 198 g/mol. The van der Waals surface area contributed by atoms with Crippen LogP contribution < -0.4 is 5.73 Å². The summed E-state index contributed by atoms with van der Waals surface area (Å²) in [5, 5.41) is 0. The molecule has 0 saturated heterocycles. The average molecular weight is 215 g/mol. The van der Waals surface area contributed by atoms with Crippen molar-refractivity contribution in [2.75, 3.05) is 5.73 Å². The Bertz CT molecular complexity index is 521. The van der Waals surface area contributed by atoms with Crippen molar-refractivity contribution >= 4 is 16.7 Å². The van der Waals surface area contributed by atoms with Crippen molar-refractivity contribution in [3.05, 3.63) is 24.0 Å². The zero-order valence-electron chi connectivity index (χ0n) is 9.61. The second-order valence-corrected chi connectivity index (χ2v) is 4.76. The number of benzene rings is 1. The number of hydrogen-bond donors (Lipinski definition) is 1. The maximum absolute atomic E-state index is 5.81. The third-order valence-corrected chi connectivity index (χ3v) is 3.66. The van der Waals surface area contributed by atoms with Crippen molar-refractivity contribution in [2.24, 2.45) is 7.05 Å². The third-order valence-electron chi connectivity index (χ3n) is 3.66. The van der Waals surface area contributed by atoms with Crippen molar-refractivity contribution in [1.29, 1.82) is 0 Å². The molecule has 2 N–H and O–H groups in total. The van der Waals surface area contributed by atoms with Gasteiger partial charge in [-0.2, -0.15) is 0 Å². The highest BCUT2D eigenvalue weighted by atomic mass is 15.1. The molecule has 0 bridgehead atoms. The monoisotopic (exact) mass is 215 g/mol. The Morgan fingerprint density at radius 1 is 1.31 bits per heavy atom. The van der Waals surface area contributed by atoms with Crippen LogP contribution in [0, 0.1) is 0 Å². The van der Waals surface area contributed by atoms with Gasteiger partial charge in [-0.25, -0.2) is 4.98 Å². The minimum Gasteiger partial charge on any atom is -0.399 e. The second-order valence-electron chi connectivity index (χ2n) is 4.76. The van der Waals surface area contributed by atoms with Crippen LogP contribution in [0.4, 0.5) is 5.69 Å². The molecule has 0 amide bonds. The van der Waals surface area contributed by atoms with E-state index in [1.54, 1.807) is 0 Å². The van der Waals surface area contributed by atoms with Crippen molar-refractivity contribution in [2.45, 2.75) is 31.6 Å². The number of nitrogens with zero attached hydrogens (tertiary/aromatic N) is 2. The van der Waals surface area contributed by atoms with Gasteiger partial charge in [0, 0.05) is 18.7 Å². The summed E-state index contributed by atoms with van der Waals surface area (Å²) in [6, 6.07) is 5.96. The molecule has 3 nitrogen and oxygen atoms in total. The predicted octanol–water partition coefficient (Wildman–Crippen LogP) is 2.81. The molecule has 0 spiro atoms. The quantitative estimate of drug-likeness (QED) is 0.743. The molecule has 16 heavy (non-hydrogen) atoms. The SMILES string of the molecule is Cn1c(C2CCCC2)nc2ccc(N)cc21. The van der Waals surface area contributed by atoms with Gasteiger partial charge in [-0.3, -0.25) is 0 Å². The fourth-order valence-corrected chi connectivity index (χ4v) is 2.77. The molecule has 1 aliphatic carbocycles. The van der Waals surface area contributed by atoms with E-state index >= 15 is 0 Å². The molecule has 84 valence electrons. The number of hydrogen-bond acceptors (Lipinski definition) is 2. The molecule has 0 unspecified atom stereocenters. The van der Waals surface area contributed by atoms with Crippen LogP contribution in [0.5, 0.6) is 0 Å². The van der Waals surface area contributed by atoms with Crippen LogP contribution in [-0.4, -0.2) is 9.55 Å². The van der Waals surface area contributed by atoms with Crippen LogP contribution >= 0.6 is 0 Å². The van der Waals surface area contributed by atoms with E-state index in [1.165, 1.54) is 31.5 Å². The number of aromatic nitrogens is 2. The van der Waals surface area contributed by atoms with Gasteiger partial charge in [-0.05, 0) is 31.0 Å². The second kappa shape index (κ2) is 3.51. The lowest BCUT2D eigenvalue weighted by atomic mass is 10.1. The van der Waals surface area contributed by atoms with E-state index < -0.39 is 0 Å². The van der Waals surface area contributed by atoms with Gasteiger partial charge >= 0.3 is 0 Å². The fourth-order valence-electron chi connectivity index (χ4n) is 2.77. The highest BCUT2D eigenvalue weighted by molar-refractivity contribution is 5.79. The molecule has 1 saturated carbocycles. The Kier molecular flexibility index (Phi) is 2.13. The number of nitrogen functional groups attached to an aromatic ring is 1. The molecule has 1 heterocycles. The lowest BCUT2D eigenvalue weighted by Crippen LogP contribution is -2.02. The fraction of sp³-hybridized carbons (Fsp3) is 0.462. The molecule has 1 aromatic carbocycles. The van der Waals surface area contributed by atoms with E-state index in [9.17, 15) is 0 Å². The zero-order chi connectivity index (χ0) is 11.1. The van der Waals surface area contributed by atoms with Crippen LogP contribution in [0.3, 0.4) is 0 Å². The number of aryl methyl sites for hydroxylation is 1. The van der Waals surface area contributed by atoms with E-state index in [4.69, 9.17) is 10.7 Å². The van der Waals surface area contributed by atoms with Gasteiger partial charge in [0.15, 0.2) is 0 Å². The predicted molar refractivity (Wildman–Crippen MR) is 66.3 cm³/mol. The van der Waals surface area contributed by atoms with Crippen LogP contribution in [-0.2, 0) is 7.05 Å². The highest BCUT2D eigenvalue weighted by Gasteiger charge is 2.22. The normalized spacial score (nSPS) is 17.3. The first-order chi connectivity index (χ1) is 7.75. The molecule has 0 atom stereocenters. The van der Waals surface area contributed by atoms with E-state index in [0.29, 0.717) is 5.92 Å². The zero-order valence-corrected chi connectivity index (χ0v) is 9.61. The van der Waals surface area contributed by atoms with Crippen molar-refractivity contribution < 1.29 is 0 Å². The largest absolute Gasteiger partial charge is 0.399 e. The first-order valence-electron chi connectivity index (χ1n) is 5.97. The summed E-state index contributed by atoms with van der Waals surface area (Å²) in [6.07, 6.45) is 5.26. The van der Waals surface area contributed by atoms with E-state index in [0.717, 1.165) is 16.7 Å². The van der Waals surface area contributed by atoms with Gasteiger partial charge in [-0.15, -0.1) is 0 Å². The Balaban J connectivity index is 2.15. The summed E-state index contributed by atoms with van der Waals surface area (Å²) in [5.41, 5.74) is 8.85. The lowest BCUT2D eigenvalue weighted by Gasteiger charge is -2.08. The minimum atomic E-state index is 0.652. The molecule has 1 fully saturated rings. The van der Waals surface area contributed by atoms with Crippen LogP contribution in [0.2, 0.25) is 0 Å². The van der Waals surface area contributed by atoms with Gasteiger partial charge in [0.2, 0.25) is 0 Å². The van der Waals surface area contributed by atoms with Crippen molar-refractivity contribution in [3.63, 3.8) is 0 Å². The summed E-state index contributed by atoms with van der Waals surface area (Å²) in [7, 11) is 2.10. The molecule has 1 aromatic heterocycles. The minimum absolute atomic E-state index is 0.652. The average Bonchev–Trinajstić information content (AvgIpc) is 2.87. The molecule has 2 aromatic rings. The molecule has 3 heteroatoms. The summed E-state index contributed by atoms with van der Waals surface area (Å²) in [5.74, 6) is 1.89. The smallest absolute Gasteiger partial charge is 0.112 e. The number of rotatable bonds is 1.